The monoisotopic (exact) mass is 216 g/mol. The van der Waals surface area contributed by atoms with Crippen molar-refractivity contribution in [1.82, 2.24) is 10.3 Å². The van der Waals surface area contributed by atoms with E-state index in [4.69, 9.17) is 5.26 Å². The molecule has 0 saturated carbocycles. The molecule has 1 saturated heterocycles. The number of anilines is 1. The molecule has 0 radical (unpaired) electrons. The SMILES string of the molecule is CC1CN(c2ccnc(C#N)c2)C(C)CN1. The maximum absolute atomic E-state index is 8.83. The number of aromatic nitrogens is 1. The number of piperazine rings is 1. The molecule has 2 unspecified atom stereocenters. The Kier molecular flexibility index (Phi) is 3.07. The van der Waals surface area contributed by atoms with Crippen LogP contribution in [0.15, 0.2) is 18.3 Å². The summed E-state index contributed by atoms with van der Waals surface area (Å²) >= 11 is 0. The Bertz CT molecular complexity index is 410. The lowest BCUT2D eigenvalue weighted by Crippen LogP contribution is -2.54. The largest absolute Gasteiger partial charge is 0.366 e. The Morgan fingerprint density at radius 2 is 2.38 bits per heavy atom. The van der Waals surface area contributed by atoms with E-state index in [1.807, 2.05) is 12.1 Å². The first-order valence-corrected chi connectivity index (χ1v) is 5.57. The maximum atomic E-state index is 8.83. The van der Waals surface area contributed by atoms with Crippen LogP contribution >= 0.6 is 0 Å². The fourth-order valence-electron chi connectivity index (χ4n) is 2.04. The molecule has 16 heavy (non-hydrogen) atoms. The zero-order valence-corrected chi connectivity index (χ0v) is 9.64. The molecule has 0 aromatic carbocycles. The lowest BCUT2D eigenvalue weighted by molar-refractivity contribution is 0.425. The van der Waals surface area contributed by atoms with Gasteiger partial charge in [0.2, 0.25) is 0 Å². The van der Waals surface area contributed by atoms with Gasteiger partial charge in [0, 0.05) is 37.1 Å². The third kappa shape index (κ3) is 2.15. The third-order valence-electron chi connectivity index (χ3n) is 2.95. The van der Waals surface area contributed by atoms with E-state index in [2.05, 4.69) is 35.1 Å². The summed E-state index contributed by atoms with van der Waals surface area (Å²) in [6.45, 7) is 6.30. The van der Waals surface area contributed by atoms with Crippen molar-refractivity contribution in [3.8, 4) is 6.07 Å². The molecule has 0 spiro atoms. The maximum Gasteiger partial charge on any atom is 0.142 e. The Hall–Kier alpha value is -1.60. The summed E-state index contributed by atoms with van der Waals surface area (Å²) < 4.78 is 0. The summed E-state index contributed by atoms with van der Waals surface area (Å²) in [6, 6.07) is 6.83. The van der Waals surface area contributed by atoms with Crippen LogP contribution in [0, 0.1) is 11.3 Å². The van der Waals surface area contributed by atoms with Crippen LogP contribution in [0.5, 0.6) is 0 Å². The highest BCUT2D eigenvalue weighted by molar-refractivity contribution is 5.50. The van der Waals surface area contributed by atoms with Crippen molar-refractivity contribution in [2.75, 3.05) is 18.0 Å². The van der Waals surface area contributed by atoms with Crippen LogP contribution < -0.4 is 10.2 Å². The predicted octanol–water partition coefficient (Wildman–Crippen LogP) is 1.14. The second-order valence-electron chi connectivity index (χ2n) is 4.32. The molecule has 1 aliphatic rings. The van der Waals surface area contributed by atoms with Gasteiger partial charge < -0.3 is 10.2 Å². The van der Waals surface area contributed by atoms with Crippen LogP contribution in [0.2, 0.25) is 0 Å². The first kappa shape index (κ1) is 10.9. The lowest BCUT2D eigenvalue weighted by Gasteiger charge is -2.39. The van der Waals surface area contributed by atoms with E-state index in [-0.39, 0.29) is 0 Å². The first-order valence-electron chi connectivity index (χ1n) is 5.57. The van der Waals surface area contributed by atoms with E-state index in [0.29, 0.717) is 17.8 Å². The van der Waals surface area contributed by atoms with Gasteiger partial charge in [-0.3, -0.25) is 0 Å². The number of nitrogens with one attached hydrogen (secondary N) is 1. The average Bonchev–Trinajstić information content (AvgIpc) is 2.32. The molecule has 2 heterocycles. The molecule has 84 valence electrons. The highest BCUT2D eigenvalue weighted by Gasteiger charge is 2.22. The molecule has 2 atom stereocenters. The van der Waals surface area contributed by atoms with Crippen molar-refractivity contribution in [3.63, 3.8) is 0 Å². The topological polar surface area (TPSA) is 52.0 Å². The number of nitrogens with zero attached hydrogens (tertiary/aromatic N) is 3. The average molecular weight is 216 g/mol. The summed E-state index contributed by atoms with van der Waals surface area (Å²) in [7, 11) is 0. The van der Waals surface area contributed by atoms with Crippen LogP contribution in [0.1, 0.15) is 19.5 Å². The minimum absolute atomic E-state index is 0.449. The van der Waals surface area contributed by atoms with Crippen molar-refractivity contribution in [2.45, 2.75) is 25.9 Å². The van der Waals surface area contributed by atoms with Gasteiger partial charge in [-0.1, -0.05) is 0 Å². The van der Waals surface area contributed by atoms with Crippen molar-refractivity contribution < 1.29 is 0 Å². The molecule has 4 heteroatoms. The molecule has 1 fully saturated rings. The van der Waals surface area contributed by atoms with Gasteiger partial charge in [-0.15, -0.1) is 0 Å². The molecule has 4 nitrogen and oxygen atoms in total. The van der Waals surface area contributed by atoms with E-state index in [0.717, 1.165) is 18.8 Å². The molecule has 1 aromatic heterocycles. The highest BCUT2D eigenvalue weighted by Crippen LogP contribution is 2.19. The molecular formula is C12H16N4. The van der Waals surface area contributed by atoms with Crippen molar-refractivity contribution >= 4 is 5.69 Å². The standard InChI is InChI=1S/C12H16N4/c1-9-8-16(10(2)7-15-9)12-3-4-14-11(5-12)6-13/h3-5,9-10,15H,7-8H2,1-2H3. The van der Waals surface area contributed by atoms with E-state index in [9.17, 15) is 0 Å². The number of rotatable bonds is 1. The van der Waals surface area contributed by atoms with Gasteiger partial charge in [0.05, 0.1) is 0 Å². The molecule has 0 aliphatic carbocycles. The van der Waals surface area contributed by atoms with Crippen LogP contribution in [0.25, 0.3) is 0 Å². The summed E-state index contributed by atoms with van der Waals surface area (Å²) in [5, 5.41) is 12.3. The van der Waals surface area contributed by atoms with Crippen molar-refractivity contribution in [2.24, 2.45) is 0 Å². The quantitative estimate of drug-likeness (QED) is 0.765. The minimum atomic E-state index is 0.449. The van der Waals surface area contributed by atoms with Gasteiger partial charge in [-0.05, 0) is 26.0 Å². The lowest BCUT2D eigenvalue weighted by atomic mass is 10.1. The molecule has 1 N–H and O–H groups in total. The third-order valence-corrected chi connectivity index (χ3v) is 2.95. The van der Waals surface area contributed by atoms with Gasteiger partial charge in [0.15, 0.2) is 0 Å². The van der Waals surface area contributed by atoms with Crippen molar-refractivity contribution in [3.05, 3.63) is 24.0 Å². The van der Waals surface area contributed by atoms with E-state index in [1.165, 1.54) is 0 Å². The zero-order valence-electron chi connectivity index (χ0n) is 9.64. The molecular weight excluding hydrogens is 200 g/mol. The molecule has 2 rings (SSSR count). The van der Waals surface area contributed by atoms with Gasteiger partial charge in [-0.2, -0.15) is 5.26 Å². The molecule has 0 bridgehead atoms. The first-order chi connectivity index (χ1) is 7.70. The smallest absolute Gasteiger partial charge is 0.142 e. The fraction of sp³-hybridized carbons (Fsp3) is 0.500. The Labute approximate surface area is 95.9 Å². The Balaban J connectivity index is 2.25. The van der Waals surface area contributed by atoms with Gasteiger partial charge in [-0.25, -0.2) is 4.98 Å². The summed E-state index contributed by atoms with van der Waals surface area (Å²) in [5.41, 5.74) is 1.57. The molecule has 0 amide bonds. The van der Waals surface area contributed by atoms with Crippen LogP contribution in [0.3, 0.4) is 0 Å². The summed E-state index contributed by atoms with van der Waals surface area (Å²) in [5.74, 6) is 0. The van der Waals surface area contributed by atoms with Crippen LogP contribution in [-0.2, 0) is 0 Å². The Morgan fingerprint density at radius 1 is 1.56 bits per heavy atom. The number of nitriles is 1. The Morgan fingerprint density at radius 3 is 3.12 bits per heavy atom. The highest BCUT2D eigenvalue weighted by atomic mass is 15.2. The normalized spacial score (nSPS) is 25.2. The van der Waals surface area contributed by atoms with Gasteiger partial charge >= 0.3 is 0 Å². The van der Waals surface area contributed by atoms with Gasteiger partial charge in [0.1, 0.15) is 11.8 Å². The second kappa shape index (κ2) is 4.50. The summed E-state index contributed by atoms with van der Waals surface area (Å²) in [4.78, 5) is 6.32. The number of hydrogen-bond acceptors (Lipinski definition) is 4. The van der Waals surface area contributed by atoms with Crippen LogP contribution in [0.4, 0.5) is 5.69 Å². The fourth-order valence-corrected chi connectivity index (χ4v) is 2.04. The summed E-state index contributed by atoms with van der Waals surface area (Å²) in [6.07, 6.45) is 1.70. The predicted molar refractivity (Wildman–Crippen MR) is 63.2 cm³/mol. The minimum Gasteiger partial charge on any atom is -0.366 e. The number of pyridine rings is 1. The number of hydrogen-bond donors (Lipinski definition) is 1. The van der Waals surface area contributed by atoms with Crippen molar-refractivity contribution in [1.29, 1.82) is 5.26 Å². The van der Waals surface area contributed by atoms with Gasteiger partial charge in [0.25, 0.3) is 0 Å². The van der Waals surface area contributed by atoms with E-state index in [1.54, 1.807) is 6.20 Å². The zero-order chi connectivity index (χ0) is 11.5. The van der Waals surface area contributed by atoms with Crippen LogP contribution in [-0.4, -0.2) is 30.2 Å². The molecule has 1 aromatic rings. The van der Waals surface area contributed by atoms with E-state index >= 15 is 0 Å². The van der Waals surface area contributed by atoms with E-state index < -0.39 is 0 Å². The molecule has 1 aliphatic heterocycles. The second-order valence-corrected chi connectivity index (χ2v) is 4.32.